The average Bonchev–Trinajstić information content (AvgIpc) is 2.98. The molecular weight excluding hydrogens is 347 g/mol. The number of aryl methyl sites for hydroxylation is 1. The van der Waals surface area contributed by atoms with Gasteiger partial charge in [0, 0.05) is 0 Å². The Bertz CT molecular complexity index is 744. The van der Waals surface area contributed by atoms with Gasteiger partial charge in [-0.25, -0.2) is 9.67 Å². The summed E-state index contributed by atoms with van der Waals surface area (Å²) < 4.78 is 45.4. The van der Waals surface area contributed by atoms with E-state index in [2.05, 4.69) is 27.3 Å². The molecule has 0 bridgehead atoms. The summed E-state index contributed by atoms with van der Waals surface area (Å²) in [7, 11) is 0. The molecule has 2 heterocycles. The Balaban J connectivity index is 1.65. The highest BCUT2D eigenvalue weighted by molar-refractivity contribution is 5.55. The molecule has 142 valence electrons. The molecular formula is C17H22F3N5O. The van der Waals surface area contributed by atoms with Crippen LogP contribution in [0, 0.1) is 24.6 Å². The summed E-state index contributed by atoms with van der Waals surface area (Å²) >= 11 is 0. The van der Waals surface area contributed by atoms with Gasteiger partial charge in [-0.05, 0) is 31.6 Å². The third kappa shape index (κ3) is 4.44. The summed E-state index contributed by atoms with van der Waals surface area (Å²) in [4.78, 5) is 7.85. The zero-order chi connectivity index (χ0) is 18.7. The van der Waals surface area contributed by atoms with E-state index in [4.69, 9.17) is 4.74 Å². The van der Waals surface area contributed by atoms with Gasteiger partial charge in [-0.15, -0.1) is 0 Å². The smallest absolute Gasteiger partial charge is 0.333 e. The summed E-state index contributed by atoms with van der Waals surface area (Å²) in [6, 6.07) is 0. The van der Waals surface area contributed by atoms with Crippen LogP contribution in [-0.2, 0) is 0 Å². The lowest BCUT2D eigenvalue weighted by molar-refractivity contribution is 0.0563. The number of nitrogens with one attached hydrogen (secondary N) is 1. The van der Waals surface area contributed by atoms with Crippen molar-refractivity contribution >= 4 is 11.6 Å². The highest BCUT2D eigenvalue weighted by atomic mass is 19.3. The number of aromatic nitrogens is 4. The molecule has 1 N–H and O–H groups in total. The lowest BCUT2D eigenvalue weighted by Crippen LogP contribution is -2.19. The molecule has 1 fully saturated rings. The van der Waals surface area contributed by atoms with Crippen molar-refractivity contribution < 1.29 is 17.9 Å². The molecule has 0 aromatic carbocycles. The quantitative estimate of drug-likeness (QED) is 0.814. The third-order valence-electron chi connectivity index (χ3n) is 4.67. The van der Waals surface area contributed by atoms with Crippen molar-refractivity contribution in [3.05, 3.63) is 23.9 Å². The fourth-order valence-corrected chi connectivity index (χ4v) is 3.03. The normalized spacial score (nSPS) is 20.4. The van der Waals surface area contributed by atoms with E-state index in [0.717, 1.165) is 44.0 Å². The molecule has 0 amide bonds. The van der Waals surface area contributed by atoms with Crippen LogP contribution in [0.5, 0.6) is 5.88 Å². The lowest BCUT2D eigenvalue weighted by Gasteiger charge is -2.25. The first-order valence-electron chi connectivity index (χ1n) is 8.68. The molecule has 26 heavy (non-hydrogen) atoms. The summed E-state index contributed by atoms with van der Waals surface area (Å²) in [5, 5.41) is 6.47. The van der Waals surface area contributed by atoms with Crippen LogP contribution in [0.15, 0.2) is 12.4 Å². The Labute approximate surface area is 149 Å². The number of alkyl halides is 2. The molecule has 0 aliphatic heterocycles. The summed E-state index contributed by atoms with van der Waals surface area (Å²) in [6.07, 6.45) is 6.58. The van der Waals surface area contributed by atoms with E-state index in [1.807, 2.05) is 0 Å². The minimum atomic E-state index is -2.74. The molecule has 1 aliphatic rings. The number of hydrogen-bond donors (Lipinski definition) is 1. The van der Waals surface area contributed by atoms with E-state index >= 15 is 0 Å². The van der Waals surface area contributed by atoms with Gasteiger partial charge < -0.3 is 10.1 Å². The van der Waals surface area contributed by atoms with Gasteiger partial charge in [0.05, 0.1) is 30.4 Å². The second-order valence-electron chi connectivity index (χ2n) is 6.79. The molecule has 6 nitrogen and oxygen atoms in total. The molecule has 1 aliphatic carbocycles. The number of anilines is 2. The van der Waals surface area contributed by atoms with Crippen molar-refractivity contribution in [2.24, 2.45) is 11.8 Å². The van der Waals surface area contributed by atoms with Crippen LogP contribution in [0.1, 0.15) is 44.9 Å². The molecule has 0 spiro atoms. The molecule has 0 unspecified atom stereocenters. The number of nitrogens with zero attached hydrogens (tertiary/aromatic N) is 4. The Morgan fingerprint density at radius 2 is 2.04 bits per heavy atom. The van der Waals surface area contributed by atoms with Crippen LogP contribution in [0.25, 0.3) is 0 Å². The number of halogens is 3. The third-order valence-corrected chi connectivity index (χ3v) is 4.67. The highest BCUT2D eigenvalue weighted by Crippen LogP contribution is 2.29. The van der Waals surface area contributed by atoms with Gasteiger partial charge in [-0.3, -0.25) is 0 Å². The first-order chi connectivity index (χ1) is 12.4. The van der Waals surface area contributed by atoms with Crippen LogP contribution in [0.3, 0.4) is 0 Å². The molecule has 2 aromatic heterocycles. The molecule has 0 radical (unpaired) electrons. The van der Waals surface area contributed by atoms with Gasteiger partial charge in [0.15, 0.2) is 0 Å². The molecule has 0 atom stereocenters. The summed E-state index contributed by atoms with van der Waals surface area (Å²) in [5.74, 6) is 0.397. The van der Waals surface area contributed by atoms with Crippen molar-refractivity contribution in [1.82, 2.24) is 19.7 Å². The maximum absolute atomic E-state index is 13.9. The fraction of sp³-hybridized carbons (Fsp3) is 0.588. The second-order valence-corrected chi connectivity index (χ2v) is 6.79. The molecule has 2 aromatic rings. The zero-order valence-corrected chi connectivity index (χ0v) is 14.8. The van der Waals surface area contributed by atoms with Crippen LogP contribution < -0.4 is 10.1 Å². The van der Waals surface area contributed by atoms with Crippen molar-refractivity contribution in [3.63, 3.8) is 0 Å². The van der Waals surface area contributed by atoms with E-state index in [0.29, 0.717) is 28.6 Å². The zero-order valence-electron chi connectivity index (χ0n) is 14.8. The first-order valence-corrected chi connectivity index (χ1v) is 8.68. The standard InChI is InChI=1S/C17H22F3N5O/c1-10-3-5-12(6-4-10)9-26-15-13(18)7-21-17(23-15)22-14-8-25(16(19)20)24-11(14)2/h7-8,10,12,16H,3-6,9H2,1-2H3,(H,21,22,23)/t10-,12-. The number of rotatable bonds is 6. The predicted octanol–water partition coefficient (Wildman–Crippen LogP) is 4.46. The Morgan fingerprint density at radius 1 is 1.31 bits per heavy atom. The van der Waals surface area contributed by atoms with Crippen molar-refractivity contribution in [1.29, 1.82) is 0 Å². The summed E-state index contributed by atoms with van der Waals surface area (Å²) in [6.45, 7) is 1.47. The van der Waals surface area contributed by atoms with Gasteiger partial charge >= 0.3 is 6.55 Å². The van der Waals surface area contributed by atoms with Gasteiger partial charge in [0.1, 0.15) is 0 Å². The highest BCUT2D eigenvalue weighted by Gasteiger charge is 2.20. The van der Waals surface area contributed by atoms with Gasteiger partial charge in [0.2, 0.25) is 11.8 Å². The van der Waals surface area contributed by atoms with E-state index in [9.17, 15) is 13.2 Å². The van der Waals surface area contributed by atoms with Crippen LogP contribution in [0.4, 0.5) is 24.8 Å². The van der Waals surface area contributed by atoms with Crippen LogP contribution in [-0.4, -0.2) is 26.4 Å². The lowest BCUT2D eigenvalue weighted by atomic mass is 9.83. The minimum absolute atomic E-state index is 0.0654. The van der Waals surface area contributed by atoms with E-state index in [-0.39, 0.29) is 11.8 Å². The van der Waals surface area contributed by atoms with E-state index in [1.165, 1.54) is 0 Å². The first kappa shape index (κ1) is 18.5. The topological polar surface area (TPSA) is 64.9 Å². The Hall–Kier alpha value is -2.32. The molecule has 3 rings (SSSR count). The summed E-state index contributed by atoms with van der Waals surface area (Å²) in [5.41, 5.74) is 0.682. The SMILES string of the molecule is Cc1nn(C(F)F)cc1Nc1ncc(F)c(OC[C@H]2CC[C@H](C)CC2)n1. The van der Waals surface area contributed by atoms with Crippen molar-refractivity contribution in [2.45, 2.75) is 46.1 Å². The monoisotopic (exact) mass is 369 g/mol. The average molecular weight is 369 g/mol. The second kappa shape index (κ2) is 7.92. The molecule has 0 saturated heterocycles. The minimum Gasteiger partial charge on any atom is -0.475 e. The van der Waals surface area contributed by atoms with Gasteiger partial charge in [0.25, 0.3) is 5.88 Å². The molecule has 9 heteroatoms. The maximum Gasteiger partial charge on any atom is 0.333 e. The van der Waals surface area contributed by atoms with Crippen molar-refractivity contribution in [3.8, 4) is 5.88 Å². The maximum atomic E-state index is 13.9. The Morgan fingerprint density at radius 3 is 2.69 bits per heavy atom. The van der Waals surface area contributed by atoms with Gasteiger partial charge in [-0.2, -0.15) is 23.3 Å². The molecule has 1 saturated carbocycles. The van der Waals surface area contributed by atoms with Gasteiger partial charge in [-0.1, -0.05) is 19.8 Å². The number of ether oxygens (including phenoxy) is 1. The van der Waals surface area contributed by atoms with Crippen molar-refractivity contribution in [2.75, 3.05) is 11.9 Å². The van der Waals surface area contributed by atoms with E-state index in [1.54, 1.807) is 6.92 Å². The van der Waals surface area contributed by atoms with Crippen LogP contribution in [0.2, 0.25) is 0 Å². The number of hydrogen-bond acceptors (Lipinski definition) is 5. The fourth-order valence-electron chi connectivity index (χ4n) is 3.03. The van der Waals surface area contributed by atoms with E-state index < -0.39 is 12.4 Å². The van der Waals surface area contributed by atoms with Crippen LogP contribution >= 0.6 is 0 Å². The Kier molecular flexibility index (Phi) is 5.63. The largest absolute Gasteiger partial charge is 0.475 e. The predicted molar refractivity (Wildman–Crippen MR) is 90.1 cm³/mol.